The number of amides is 2. The number of ether oxygens (including phenoxy) is 2. The highest BCUT2D eigenvalue weighted by atomic mass is 35.5. The lowest BCUT2D eigenvalue weighted by Gasteiger charge is -2.34. The summed E-state index contributed by atoms with van der Waals surface area (Å²) in [4.78, 5) is 28.4. The third-order valence-corrected chi connectivity index (χ3v) is 5.60. The molecule has 3 rings (SSSR count). The molecule has 0 aliphatic carbocycles. The smallest absolute Gasteiger partial charge is 0.260 e. The number of halogens is 1. The van der Waals surface area contributed by atoms with Crippen molar-refractivity contribution in [2.24, 2.45) is 0 Å². The number of piperazine rings is 1. The van der Waals surface area contributed by atoms with E-state index in [1.807, 2.05) is 36.9 Å². The van der Waals surface area contributed by atoms with Gasteiger partial charge < -0.3 is 19.3 Å². The Bertz CT molecular complexity index is 873. The van der Waals surface area contributed by atoms with Gasteiger partial charge in [-0.2, -0.15) is 0 Å². The number of hydrogen-bond donors (Lipinski definition) is 0. The molecule has 0 bridgehead atoms. The summed E-state index contributed by atoms with van der Waals surface area (Å²) in [6.07, 6.45) is 1.11. The Morgan fingerprint density at radius 2 is 1.45 bits per heavy atom. The van der Waals surface area contributed by atoms with E-state index < -0.39 is 0 Å². The van der Waals surface area contributed by atoms with E-state index in [2.05, 4.69) is 0 Å². The van der Waals surface area contributed by atoms with Crippen LogP contribution in [0.15, 0.2) is 42.5 Å². The summed E-state index contributed by atoms with van der Waals surface area (Å²) in [6.45, 7) is 6.67. The van der Waals surface area contributed by atoms with Crippen LogP contribution in [0.2, 0.25) is 5.02 Å². The lowest BCUT2D eigenvalue weighted by atomic mass is 10.1. The third-order valence-electron chi connectivity index (χ3n) is 5.35. The molecule has 7 heteroatoms. The van der Waals surface area contributed by atoms with Crippen LogP contribution in [0.3, 0.4) is 0 Å². The van der Waals surface area contributed by atoms with Gasteiger partial charge in [0, 0.05) is 37.6 Å². The number of carbonyl (C=O) groups excluding carboxylic acids is 2. The van der Waals surface area contributed by atoms with Crippen molar-refractivity contribution in [3.05, 3.63) is 58.6 Å². The lowest BCUT2D eigenvalue weighted by Crippen LogP contribution is -2.51. The fourth-order valence-electron chi connectivity index (χ4n) is 3.56. The van der Waals surface area contributed by atoms with Crippen LogP contribution in [0.1, 0.15) is 24.0 Å². The molecule has 1 saturated heterocycles. The van der Waals surface area contributed by atoms with Gasteiger partial charge in [0.25, 0.3) is 5.91 Å². The molecule has 1 aliphatic heterocycles. The first-order chi connectivity index (χ1) is 14.9. The van der Waals surface area contributed by atoms with Crippen molar-refractivity contribution in [3.63, 3.8) is 0 Å². The minimum Gasteiger partial charge on any atom is -0.493 e. The highest BCUT2D eigenvalue weighted by Crippen LogP contribution is 2.22. The monoisotopic (exact) mass is 444 g/mol. The van der Waals surface area contributed by atoms with Crippen molar-refractivity contribution in [2.45, 2.75) is 26.7 Å². The van der Waals surface area contributed by atoms with Crippen LogP contribution in [-0.4, -0.2) is 61.0 Å². The van der Waals surface area contributed by atoms with Crippen molar-refractivity contribution >= 4 is 23.4 Å². The predicted octanol–water partition coefficient (Wildman–Crippen LogP) is 3.87. The molecule has 2 aromatic rings. The van der Waals surface area contributed by atoms with Gasteiger partial charge in [0.1, 0.15) is 11.5 Å². The summed E-state index contributed by atoms with van der Waals surface area (Å²) < 4.78 is 11.4. The van der Waals surface area contributed by atoms with Gasteiger partial charge in [-0.05, 0) is 55.7 Å². The van der Waals surface area contributed by atoms with Gasteiger partial charge in [0.2, 0.25) is 5.91 Å². The zero-order valence-electron chi connectivity index (χ0n) is 18.1. The highest BCUT2D eigenvalue weighted by Gasteiger charge is 2.24. The molecule has 0 unspecified atom stereocenters. The Labute approximate surface area is 188 Å². The molecule has 0 saturated carbocycles. The van der Waals surface area contributed by atoms with Crippen molar-refractivity contribution < 1.29 is 19.1 Å². The molecule has 31 heavy (non-hydrogen) atoms. The van der Waals surface area contributed by atoms with Crippen LogP contribution >= 0.6 is 11.6 Å². The molecular formula is C24H29ClN2O4. The van der Waals surface area contributed by atoms with Gasteiger partial charge in [-0.3, -0.25) is 9.59 Å². The SMILES string of the molecule is Cc1cccc(C)c1OCCCC(=O)N1CCN(C(=O)COc2ccc(Cl)cc2)CC1. The third kappa shape index (κ3) is 6.62. The van der Waals surface area contributed by atoms with Gasteiger partial charge in [0.15, 0.2) is 6.61 Å². The molecule has 166 valence electrons. The number of para-hydroxylation sites is 1. The van der Waals surface area contributed by atoms with Crippen LogP contribution in [0.4, 0.5) is 0 Å². The van der Waals surface area contributed by atoms with E-state index in [1.165, 1.54) is 0 Å². The molecule has 6 nitrogen and oxygen atoms in total. The summed E-state index contributed by atoms with van der Waals surface area (Å²) in [5, 5.41) is 0.622. The Morgan fingerprint density at radius 1 is 0.871 bits per heavy atom. The average Bonchev–Trinajstić information content (AvgIpc) is 2.77. The Kier molecular flexibility index (Phi) is 8.18. The second kappa shape index (κ2) is 11.0. The summed E-state index contributed by atoms with van der Waals surface area (Å²) in [6, 6.07) is 13.0. The van der Waals surface area contributed by atoms with Crippen LogP contribution < -0.4 is 9.47 Å². The summed E-state index contributed by atoms with van der Waals surface area (Å²) in [5.74, 6) is 1.54. The predicted molar refractivity (Wildman–Crippen MR) is 121 cm³/mol. The van der Waals surface area contributed by atoms with Crippen LogP contribution in [0.25, 0.3) is 0 Å². The zero-order chi connectivity index (χ0) is 22.2. The topological polar surface area (TPSA) is 59.1 Å². The number of carbonyl (C=O) groups is 2. The summed E-state index contributed by atoms with van der Waals surface area (Å²) in [5.41, 5.74) is 2.21. The molecule has 0 aromatic heterocycles. The molecule has 1 fully saturated rings. The van der Waals surface area contributed by atoms with E-state index in [-0.39, 0.29) is 18.4 Å². The largest absolute Gasteiger partial charge is 0.493 e. The van der Waals surface area contributed by atoms with Gasteiger partial charge in [-0.1, -0.05) is 29.8 Å². The minimum absolute atomic E-state index is 0.0226. The Hall–Kier alpha value is -2.73. The quantitative estimate of drug-likeness (QED) is 0.580. The Balaban J connectivity index is 1.34. The van der Waals surface area contributed by atoms with E-state index >= 15 is 0 Å². The zero-order valence-corrected chi connectivity index (χ0v) is 18.9. The van der Waals surface area contributed by atoms with Crippen molar-refractivity contribution in [1.29, 1.82) is 0 Å². The van der Waals surface area contributed by atoms with Gasteiger partial charge in [-0.25, -0.2) is 0 Å². The fourth-order valence-corrected chi connectivity index (χ4v) is 3.68. The first-order valence-corrected chi connectivity index (χ1v) is 10.9. The van der Waals surface area contributed by atoms with Gasteiger partial charge in [0.05, 0.1) is 6.61 Å². The molecule has 0 spiro atoms. The van der Waals surface area contributed by atoms with Crippen LogP contribution in [0.5, 0.6) is 11.5 Å². The maximum Gasteiger partial charge on any atom is 0.260 e. The average molecular weight is 445 g/mol. The first-order valence-electron chi connectivity index (χ1n) is 10.6. The van der Waals surface area contributed by atoms with Gasteiger partial charge >= 0.3 is 0 Å². The summed E-state index contributed by atoms with van der Waals surface area (Å²) >= 11 is 5.85. The van der Waals surface area contributed by atoms with E-state index in [0.717, 1.165) is 16.9 Å². The molecule has 2 amide bonds. The highest BCUT2D eigenvalue weighted by molar-refractivity contribution is 6.30. The normalized spacial score (nSPS) is 13.8. The van der Waals surface area contributed by atoms with Crippen molar-refractivity contribution in [2.75, 3.05) is 39.4 Å². The number of benzene rings is 2. The molecule has 1 heterocycles. The standard InChI is InChI=1S/C24H29ClN2O4/c1-18-5-3-6-19(2)24(18)30-16-4-7-22(28)26-12-14-27(15-13-26)23(29)17-31-21-10-8-20(25)9-11-21/h3,5-6,8-11H,4,7,12-17H2,1-2H3. The second-order valence-corrected chi connectivity index (χ2v) is 8.11. The first kappa shape index (κ1) is 22.9. The van der Waals surface area contributed by atoms with Crippen LogP contribution in [-0.2, 0) is 9.59 Å². The number of aryl methyl sites for hydroxylation is 2. The van der Waals surface area contributed by atoms with Crippen molar-refractivity contribution in [3.8, 4) is 11.5 Å². The second-order valence-electron chi connectivity index (χ2n) is 7.68. The van der Waals surface area contributed by atoms with E-state index in [0.29, 0.717) is 56.4 Å². The van der Waals surface area contributed by atoms with Crippen LogP contribution in [0, 0.1) is 13.8 Å². The maximum atomic E-state index is 12.5. The number of nitrogens with zero attached hydrogens (tertiary/aromatic N) is 2. The van der Waals surface area contributed by atoms with Crippen molar-refractivity contribution in [1.82, 2.24) is 9.80 Å². The Morgan fingerprint density at radius 3 is 2.06 bits per heavy atom. The van der Waals surface area contributed by atoms with E-state index in [9.17, 15) is 9.59 Å². The number of hydrogen-bond acceptors (Lipinski definition) is 4. The fraction of sp³-hybridized carbons (Fsp3) is 0.417. The molecule has 0 N–H and O–H groups in total. The maximum absolute atomic E-state index is 12.5. The molecular weight excluding hydrogens is 416 g/mol. The van der Waals surface area contributed by atoms with E-state index in [1.54, 1.807) is 29.2 Å². The molecule has 2 aromatic carbocycles. The summed E-state index contributed by atoms with van der Waals surface area (Å²) in [7, 11) is 0. The van der Waals surface area contributed by atoms with Gasteiger partial charge in [-0.15, -0.1) is 0 Å². The lowest BCUT2D eigenvalue weighted by molar-refractivity contribution is -0.140. The molecule has 0 radical (unpaired) electrons. The number of rotatable bonds is 8. The van der Waals surface area contributed by atoms with E-state index in [4.69, 9.17) is 21.1 Å². The molecule has 0 atom stereocenters. The minimum atomic E-state index is -0.0796. The molecule has 1 aliphatic rings.